The van der Waals surface area contributed by atoms with Gasteiger partial charge in [-0.05, 0) is 30.7 Å². The molecule has 1 rings (SSSR count). The lowest BCUT2D eigenvalue weighted by atomic mass is 10.2. The summed E-state index contributed by atoms with van der Waals surface area (Å²) in [7, 11) is 0. The monoisotopic (exact) mass is 245 g/mol. The second-order valence-corrected chi connectivity index (χ2v) is 4.38. The van der Waals surface area contributed by atoms with Crippen LogP contribution in [0.4, 0.5) is 0 Å². The third kappa shape index (κ3) is 6.32. The molecule has 0 saturated heterocycles. The Morgan fingerprint density at radius 1 is 1.28 bits per heavy atom. The molecule has 2 nitrogen and oxygen atoms in total. The fourth-order valence-electron chi connectivity index (χ4n) is 1.78. The van der Waals surface area contributed by atoms with Crippen molar-refractivity contribution in [3.8, 4) is 18.1 Å². The molecule has 0 heterocycles. The quantitative estimate of drug-likeness (QED) is 0.532. The highest BCUT2D eigenvalue weighted by molar-refractivity contribution is 5.28. The van der Waals surface area contributed by atoms with E-state index in [0.717, 1.165) is 18.8 Å². The van der Waals surface area contributed by atoms with Gasteiger partial charge >= 0.3 is 0 Å². The number of nitrogens with one attached hydrogen (secondary N) is 1. The van der Waals surface area contributed by atoms with Crippen LogP contribution in [0.1, 0.15) is 38.2 Å². The average molecular weight is 245 g/mol. The third-order valence-electron chi connectivity index (χ3n) is 2.76. The van der Waals surface area contributed by atoms with Crippen molar-refractivity contribution < 1.29 is 4.74 Å². The fourth-order valence-corrected chi connectivity index (χ4v) is 1.78. The van der Waals surface area contributed by atoms with Crippen LogP contribution in [-0.4, -0.2) is 13.2 Å². The summed E-state index contributed by atoms with van der Waals surface area (Å²) in [5.74, 6) is 3.32. The van der Waals surface area contributed by atoms with Gasteiger partial charge in [-0.25, -0.2) is 0 Å². The van der Waals surface area contributed by atoms with E-state index in [-0.39, 0.29) is 0 Å². The first kappa shape index (κ1) is 14.6. The molecule has 0 unspecified atom stereocenters. The second-order valence-electron chi connectivity index (χ2n) is 4.38. The normalized spacial score (nSPS) is 10.0. The topological polar surface area (TPSA) is 21.3 Å². The summed E-state index contributed by atoms with van der Waals surface area (Å²) in [6.07, 6.45) is 10.3. The lowest BCUT2D eigenvalue weighted by Gasteiger charge is -2.07. The van der Waals surface area contributed by atoms with Crippen LogP contribution in [0.5, 0.6) is 5.75 Å². The molecule has 98 valence electrons. The van der Waals surface area contributed by atoms with Gasteiger partial charge < -0.3 is 10.1 Å². The average Bonchev–Trinajstić information content (AvgIpc) is 2.41. The van der Waals surface area contributed by atoms with Gasteiger partial charge in [0.25, 0.3) is 0 Å². The van der Waals surface area contributed by atoms with Crippen LogP contribution in [0.3, 0.4) is 0 Å². The van der Waals surface area contributed by atoms with E-state index in [4.69, 9.17) is 11.2 Å². The zero-order valence-corrected chi connectivity index (χ0v) is 11.2. The van der Waals surface area contributed by atoms with Crippen molar-refractivity contribution in [2.45, 2.75) is 39.2 Å². The molecule has 0 fully saturated rings. The maximum absolute atomic E-state index is 5.39. The molecule has 18 heavy (non-hydrogen) atoms. The molecule has 0 aliphatic carbocycles. The number of hydrogen-bond donors (Lipinski definition) is 1. The first-order valence-corrected chi connectivity index (χ1v) is 6.72. The van der Waals surface area contributed by atoms with Gasteiger partial charge in [-0.3, -0.25) is 0 Å². The van der Waals surface area contributed by atoms with Crippen molar-refractivity contribution in [2.75, 3.05) is 13.2 Å². The van der Waals surface area contributed by atoms with Crippen LogP contribution in [0, 0.1) is 12.3 Å². The van der Waals surface area contributed by atoms with E-state index in [0.29, 0.717) is 6.61 Å². The van der Waals surface area contributed by atoms with Crippen molar-refractivity contribution in [3.63, 3.8) is 0 Å². The van der Waals surface area contributed by atoms with Crippen LogP contribution >= 0.6 is 0 Å². The van der Waals surface area contributed by atoms with Crippen LogP contribution in [0.25, 0.3) is 0 Å². The molecule has 0 aromatic heterocycles. The lowest BCUT2D eigenvalue weighted by Crippen LogP contribution is -2.14. The molecule has 2 heteroatoms. The molecule has 1 N–H and O–H groups in total. The van der Waals surface area contributed by atoms with E-state index in [1.807, 2.05) is 18.2 Å². The van der Waals surface area contributed by atoms with Gasteiger partial charge in [-0.2, -0.15) is 0 Å². The Hall–Kier alpha value is -1.46. The van der Waals surface area contributed by atoms with Gasteiger partial charge in [0.15, 0.2) is 0 Å². The molecule has 1 aromatic carbocycles. The molecule has 0 aliphatic rings. The summed E-state index contributed by atoms with van der Waals surface area (Å²) in [4.78, 5) is 0. The van der Waals surface area contributed by atoms with Crippen LogP contribution < -0.4 is 10.1 Å². The van der Waals surface area contributed by atoms with Gasteiger partial charge in [0.1, 0.15) is 12.4 Å². The van der Waals surface area contributed by atoms with Crippen molar-refractivity contribution in [1.29, 1.82) is 0 Å². The molecule has 1 aromatic rings. The van der Waals surface area contributed by atoms with E-state index in [1.54, 1.807) is 0 Å². The lowest BCUT2D eigenvalue weighted by molar-refractivity contribution is 0.370. The number of ether oxygens (including phenoxy) is 1. The van der Waals surface area contributed by atoms with Gasteiger partial charge in [-0.15, -0.1) is 6.42 Å². The summed E-state index contributed by atoms with van der Waals surface area (Å²) in [5, 5.41) is 3.45. The SMILES string of the molecule is C#CCOc1cccc(CNCCCCCC)c1. The molecule has 0 bridgehead atoms. The Morgan fingerprint density at radius 3 is 2.94 bits per heavy atom. The third-order valence-corrected chi connectivity index (χ3v) is 2.76. The number of hydrogen-bond acceptors (Lipinski definition) is 2. The minimum Gasteiger partial charge on any atom is -0.481 e. The molecule has 0 amide bonds. The van der Waals surface area contributed by atoms with Crippen molar-refractivity contribution >= 4 is 0 Å². The van der Waals surface area contributed by atoms with Gasteiger partial charge in [-0.1, -0.05) is 44.2 Å². The molecular weight excluding hydrogens is 222 g/mol. The van der Waals surface area contributed by atoms with Crippen LogP contribution in [0.2, 0.25) is 0 Å². The van der Waals surface area contributed by atoms with E-state index in [1.165, 1.54) is 31.2 Å². The largest absolute Gasteiger partial charge is 0.481 e. The van der Waals surface area contributed by atoms with Crippen molar-refractivity contribution in [1.82, 2.24) is 5.32 Å². The molecule has 0 atom stereocenters. The zero-order valence-electron chi connectivity index (χ0n) is 11.2. The Morgan fingerprint density at radius 2 is 2.17 bits per heavy atom. The number of unbranched alkanes of at least 4 members (excludes halogenated alkanes) is 3. The number of benzene rings is 1. The van der Waals surface area contributed by atoms with E-state index in [2.05, 4.69) is 24.2 Å². The minimum absolute atomic E-state index is 0.327. The molecule has 0 aliphatic heterocycles. The van der Waals surface area contributed by atoms with E-state index >= 15 is 0 Å². The van der Waals surface area contributed by atoms with Gasteiger partial charge in [0.05, 0.1) is 0 Å². The number of terminal acetylenes is 1. The maximum Gasteiger partial charge on any atom is 0.148 e. The maximum atomic E-state index is 5.39. The van der Waals surface area contributed by atoms with E-state index in [9.17, 15) is 0 Å². The first-order valence-electron chi connectivity index (χ1n) is 6.72. The van der Waals surface area contributed by atoms with Gasteiger partial charge in [0.2, 0.25) is 0 Å². The summed E-state index contributed by atoms with van der Waals surface area (Å²) in [6.45, 7) is 4.53. The highest BCUT2D eigenvalue weighted by atomic mass is 16.5. The van der Waals surface area contributed by atoms with Crippen LogP contribution in [-0.2, 0) is 6.54 Å². The first-order chi connectivity index (χ1) is 8.86. The predicted molar refractivity (Wildman–Crippen MR) is 76.6 cm³/mol. The minimum atomic E-state index is 0.327. The second kappa shape index (κ2) is 9.56. The summed E-state index contributed by atoms with van der Waals surface area (Å²) >= 11 is 0. The smallest absolute Gasteiger partial charge is 0.148 e. The molecule has 0 radical (unpaired) electrons. The van der Waals surface area contributed by atoms with Crippen molar-refractivity contribution in [2.24, 2.45) is 0 Å². The molecule has 0 saturated carbocycles. The highest BCUT2D eigenvalue weighted by Gasteiger charge is 1.96. The predicted octanol–water partition coefficient (Wildman–Crippen LogP) is 3.37. The molecular formula is C16H23NO. The Kier molecular flexibility index (Phi) is 7.75. The zero-order chi connectivity index (χ0) is 13.1. The van der Waals surface area contributed by atoms with E-state index < -0.39 is 0 Å². The Bertz CT molecular complexity index is 368. The molecule has 0 spiro atoms. The summed E-state index contributed by atoms with van der Waals surface area (Å²) < 4.78 is 5.39. The summed E-state index contributed by atoms with van der Waals surface area (Å²) in [6, 6.07) is 8.07. The summed E-state index contributed by atoms with van der Waals surface area (Å²) in [5.41, 5.74) is 1.24. The fraction of sp³-hybridized carbons (Fsp3) is 0.500. The Labute approximate surface area is 111 Å². The van der Waals surface area contributed by atoms with Crippen molar-refractivity contribution in [3.05, 3.63) is 29.8 Å². The number of rotatable bonds is 9. The Balaban J connectivity index is 2.23. The van der Waals surface area contributed by atoms with Gasteiger partial charge in [0, 0.05) is 6.54 Å². The standard InChI is InChI=1S/C16H23NO/c1-3-5-6-7-11-17-14-15-9-8-10-16(13-15)18-12-4-2/h2,8-10,13,17H,3,5-7,11-12,14H2,1H3. The van der Waals surface area contributed by atoms with Crippen LogP contribution in [0.15, 0.2) is 24.3 Å². The highest BCUT2D eigenvalue weighted by Crippen LogP contribution is 2.12.